The molecule has 0 aromatic heterocycles. The Morgan fingerprint density at radius 3 is 2.72 bits per heavy atom. The van der Waals surface area contributed by atoms with Gasteiger partial charge in [-0.05, 0) is 25.5 Å². The molecule has 0 saturated heterocycles. The van der Waals surface area contributed by atoms with Crippen molar-refractivity contribution in [1.82, 2.24) is 5.32 Å². The summed E-state index contributed by atoms with van der Waals surface area (Å²) in [4.78, 5) is 11.5. The number of nitrogens with one attached hydrogen (secondary N) is 2. The molecule has 1 atom stereocenters. The first-order valence-corrected chi connectivity index (χ1v) is 5.39. The number of hydrogen-bond acceptors (Lipinski definition) is 2. The van der Waals surface area contributed by atoms with Crippen LogP contribution in [0.25, 0.3) is 0 Å². The van der Waals surface area contributed by atoms with Gasteiger partial charge in [0, 0.05) is 6.07 Å². The number of terminal acetylenes is 1. The minimum Gasteiger partial charge on any atom is -0.371 e. The molecule has 1 aromatic carbocycles. The van der Waals surface area contributed by atoms with E-state index < -0.39 is 17.7 Å². The maximum atomic E-state index is 13.5. The first-order chi connectivity index (χ1) is 8.45. The average Bonchev–Trinajstić information content (AvgIpc) is 2.32. The van der Waals surface area contributed by atoms with Crippen molar-refractivity contribution in [1.29, 1.82) is 0 Å². The highest BCUT2D eigenvalue weighted by molar-refractivity contribution is 5.84. The van der Waals surface area contributed by atoms with Crippen LogP contribution in [0.4, 0.5) is 14.5 Å². The Morgan fingerprint density at radius 2 is 2.11 bits per heavy atom. The molecular weight excluding hydrogens is 238 g/mol. The summed E-state index contributed by atoms with van der Waals surface area (Å²) in [6.45, 7) is 3.09. The molecule has 0 aliphatic heterocycles. The van der Waals surface area contributed by atoms with Gasteiger partial charge in [0.25, 0.3) is 0 Å². The summed E-state index contributed by atoms with van der Waals surface area (Å²) in [5.41, 5.74) is 0.156. The van der Waals surface area contributed by atoms with Gasteiger partial charge in [-0.1, -0.05) is 5.92 Å². The standard InChI is InChI=1S/C13H14F2N2O/c1-4-5-16-13(18)9(3)17-12-7-10(14)8(2)6-11(12)15/h1,6-7,9,17H,5H2,2-3H3,(H,16,18). The van der Waals surface area contributed by atoms with Crippen molar-refractivity contribution in [3.05, 3.63) is 29.3 Å². The summed E-state index contributed by atoms with van der Waals surface area (Å²) in [5, 5.41) is 5.04. The van der Waals surface area contributed by atoms with Crippen LogP contribution in [-0.2, 0) is 4.79 Å². The molecule has 1 aromatic rings. The van der Waals surface area contributed by atoms with Crippen LogP contribution in [-0.4, -0.2) is 18.5 Å². The Labute approximate surface area is 105 Å². The minimum absolute atomic E-state index is 0.0542. The number of aryl methyl sites for hydroxylation is 1. The summed E-state index contributed by atoms with van der Waals surface area (Å²) in [6.07, 6.45) is 5.00. The fourth-order valence-electron chi connectivity index (χ4n) is 1.35. The third kappa shape index (κ3) is 3.45. The second-order valence-corrected chi connectivity index (χ2v) is 3.87. The zero-order chi connectivity index (χ0) is 13.7. The van der Waals surface area contributed by atoms with Crippen LogP contribution in [0.1, 0.15) is 12.5 Å². The van der Waals surface area contributed by atoms with Crippen LogP contribution >= 0.6 is 0 Å². The molecule has 5 heteroatoms. The number of benzene rings is 1. The normalized spacial score (nSPS) is 11.5. The van der Waals surface area contributed by atoms with Crippen LogP contribution < -0.4 is 10.6 Å². The van der Waals surface area contributed by atoms with Gasteiger partial charge in [0.15, 0.2) is 0 Å². The van der Waals surface area contributed by atoms with E-state index in [4.69, 9.17) is 6.42 Å². The Balaban J connectivity index is 2.76. The highest BCUT2D eigenvalue weighted by atomic mass is 19.1. The summed E-state index contributed by atoms with van der Waals surface area (Å²) in [5.74, 6) is 0.732. The fourth-order valence-corrected chi connectivity index (χ4v) is 1.35. The highest BCUT2D eigenvalue weighted by Gasteiger charge is 2.15. The Hall–Kier alpha value is -2.09. The number of halogens is 2. The van der Waals surface area contributed by atoms with Gasteiger partial charge < -0.3 is 10.6 Å². The predicted octanol–water partition coefficient (Wildman–Crippen LogP) is 1.82. The minimum atomic E-state index is -0.713. The lowest BCUT2D eigenvalue weighted by Gasteiger charge is -2.15. The first kappa shape index (κ1) is 14.0. The van der Waals surface area contributed by atoms with Crippen molar-refractivity contribution in [2.45, 2.75) is 19.9 Å². The van der Waals surface area contributed by atoms with E-state index in [1.807, 2.05) is 0 Å². The maximum Gasteiger partial charge on any atom is 0.242 e. The van der Waals surface area contributed by atoms with Crippen LogP contribution in [0.2, 0.25) is 0 Å². The summed E-state index contributed by atoms with van der Waals surface area (Å²) in [6, 6.07) is 1.38. The van der Waals surface area contributed by atoms with Crippen molar-refractivity contribution >= 4 is 11.6 Å². The van der Waals surface area contributed by atoms with Crippen LogP contribution in [0.3, 0.4) is 0 Å². The van der Waals surface area contributed by atoms with Gasteiger partial charge in [-0.15, -0.1) is 6.42 Å². The van der Waals surface area contributed by atoms with E-state index in [0.29, 0.717) is 0 Å². The van der Waals surface area contributed by atoms with E-state index in [0.717, 1.165) is 12.1 Å². The number of carbonyl (C=O) groups is 1. The Bertz CT molecular complexity index is 494. The molecule has 3 nitrogen and oxygen atoms in total. The number of amides is 1. The molecule has 0 aliphatic rings. The van der Waals surface area contributed by atoms with E-state index in [-0.39, 0.29) is 23.7 Å². The van der Waals surface area contributed by atoms with E-state index in [1.54, 1.807) is 0 Å². The van der Waals surface area contributed by atoms with Crippen molar-refractivity contribution in [2.75, 3.05) is 11.9 Å². The zero-order valence-corrected chi connectivity index (χ0v) is 10.2. The van der Waals surface area contributed by atoms with Crippen molar-refractivity contribution in [3.63, 3.8) is 0 Å². The lowest BCUT2D eigenvalue weighted by atomic mass is 10.2. The summed E-state index contributed by atoms with van der Waals surface area (Å²) in [7, 11) is 0. The molecule has 0 aliphatic carbocycles. The molecule has 2 N–H and O–H groups in total. The number of rotatable bonds is 4. The maximum absolute atomic E-state index is 13.5. The molecule has 1 unspecified atom stereocenters. The van der Waals surface area contributed by atoms with Gasteiger partial charge in [-0.2, -0.15) is 0 Å². The van der Waals surface area contributed by atoms with Gasteiger partial charge >= 0.3 is 0 Å². The van der Waals surface area contributed by atoms with Crippen LogP contribution in [0, 0.1) is 30.9 Å². The predicted molar refractivity (Wildman–Crippen MR) is 66.0 cm³/mol. The molecule has 0 heterocycles. The highest BCUT2D eigenvalue weighted by Crippen LogP contribution is 2.19. The lowest BCUT2D eigenvalue weighted by molar-refractivity contribution is -0.121. The van der Waals surface area contributed by atoms with Gasteiger partial charge in [-0.3, -0.25) is 4.79 Å². The SMILES string of the molecule is C#CCNC(=O)C(C)Nc1cc(F)c(C)cc1F. The molecule has 96 valence electrons. The second kappa shape index (κ2) is 6.01. The zero-order valence-electron chi connectivity index (χ0n) is 10.2. The molecule has 0 radical (unpaired) electrons. The van der Waals surface area contributed by atoms with Gasteiger partial charge in [0.1, 0.15) is 17.7 Å². The molecular formula is C13H14F2N2O. The largest absolute Gasteiger partial charge is 0.371 e. The quantitative estimate of drug-likeness (QED) is 0.803. The van der Waals surface area contributed by atoms with Crippen LogP contribution in [0.15, 0.2) is 12.1 Å². The molecule has 1 amide bonds. The van der Waals surface area contributed by atoms with E-state index in [1.165, 1.54) is 13.8 Å². The molecule has 18 heavy (non-hydrogen) atoms. The summed E-state index contributed by atoms with van der Waals surface area (Å²) < 4.78 is 26.8. The van der Waals surface area contributed by atoms with Crippen molar-refractivity contribution in [3.8, 4) is 12.3 Å². The third-order valence-electron chi connectivity index (χ3n) is 2.38. The Morgan fingerprint density at radius 1 is 1.44 bits per heavy atom. The van der Waals surface area contributed by atoms with E-state index in [2.05, 4.69) is 16.6 Å². The number of hydrogen-bond donors (Lipinski definition) is 2. The number of carbonyl (C=O) groups excluding carboxylic acids is 1. The summed E-state index contributed by atoms with van der Waals surface area (Å²) >= 11 is 0. The first-order valence-electron chi connectivity index (χ1n) is 5.39. The molecule has 0 fully saturated rings. The average molecular weight is 252 g/mol. The monoisotopic (exact) mass is 252 g/mol. The van der Waals surface area contributed by atoms with Gasteiger partial charge in [0.05, 0.1) is 12.2 Å². The molecule has 0 saturated carbocycles. The second-order valence-electron chi connectivity index (χ2n) is 3.87. The van der Waals surface area contributed by atoms with Gasteiger partial charge in [0.2, 0.25) is 5.91 Å². The van der Waals surface area contributed by atoms with Crippen molar-refractivity contribution < 1.29 is 13.6 Å². The molecule has 0 bridgehead atoms. The number of anilines is 1. The van der Waals surface area contributed by atoms with E-state index >= 15 is 0 Å². The molecule has 0 spiro atoms. The smallest absolute Gasteiger partial charge is 0.242 e. The lowest BCUT2D eigenvalue weighted by Crippen LogP contribution is -2.37. The molecule has 1 rings (SSSR count). The fraction of sp³-hybridized carbons (Fsp3) is 0.308. The van der Waals surface area contributed by atoms with Crippen LogP contribution in [0.5, 0.6) is 0 Å². The van der Waals surface area contributed by atoms with Crippen molar-refractivity contribution in [2.24, 2.45) is 0 Å². The van der Waals surface area contributed by atoms with Gasteiger partial charge in [-0.25, -0.2) is 8.78 Å². The van der Waals surface area contributed by atoms with E-state index in [9.17, 15) is 13.6 Å². The Kier molecular flexibility index (Phi) is 4.67. The topological polar surface area (TPSA) is 41.1 Å². The third-order valence-corrected chi connectivity index (χ3v) is 2.38.